The molecule has 6 heteroatoms. The number of likely N-dealkylation sites (tertiary alicyclic amines) is 1. The summed E-state index contributed by atoms with van der Waals surface area (Å²) in [5, 5.41) is 9.11. The van der Waals surface area contributed by atoms with Crippen LogP contribution in [-0.4, -0.2) is 35.1 Å². The predicted octanol–water partition coefficient (Wildman–Crippen LogP) is 2.67. The first-order valence-corrected chi connectivity index (χ1v) is 8.41. The van der Waals surface area contributed by atoms with Gasteiger partial charge in [-0.1, -0.05) is 5.16 Å². The Kier molecular flexibility index (Phi) is 4.31. The summed E-state index contributed by atoms with van der Waals surface area (Å²) in [5.41, 5.74) is 3.17. The van der Waals surface area contributed by atoms with Gasteiger partial charge in [-0.25, -0.2) is 0 Å². The molecule has 3 heterocycles. The van der Waals surface area contributed by atoms with Gasteiger partial charge < -0.3 is 9.84 Å². The summed E-state index contributed by atoms with van der Waals surface area (Å²) in [6.07, 6.45) is 0.986. The van der Waals surface area contributed by atoms with E-state index >= 15 is 0 Å². The number of carbonyl (C=O) groups excluding carboxylic acids is 1. The molecule has 1 aliphatic rings. The Balaban J connectivity index is 1.57. The second kappa shape index (κ2) is 6.22. The Morgan fingerprint density at radius 3 is 2.95 bits per heavy atom. The molecule has 118 valence electrons. The predicted molar refractivity (Wildman–Crippen MR) is 86.2 cm³/mol. The van der Waals surface area contributed by atoms with Crippen molar-refractivity contribution in [1.82, 2.24) is 15.4 Å². The number of amides is 1. The molecule has 1 amide bonds. The molecular weight excluding hydrogens is 298 g/mol. The third kappa shape index (κ3) is 3.08. The molecule has 3 rings (SSSR count). The van der Waals surface area contributed by atoms with Gasteiger partial charge >= 0.3 is 0 Å². The molecule has 0 aromatic carbocycles. The third-order valence-electron chi connectivity index (χ3n) is 4.24. The summed E-state index contributed by atoms with van der Waals surface area (Å²) in [6.45, 7) is 8.60. The molecule has 0 spiro atoms. The summed E-state index contributed by atoms with van der Waals surface area (Å²) in [7, 11) is 0. The van der Waals surface area contributed by atoms with Crippen molar-refractivity contribution in [2.75, 3.05) is 13.1 Å². The van der Waals surface area contributed by atoms with Crippen LogP contribution in [0.1, 0.15) is 38.7 Å². The molecule has 2 aromatic heterocycles. The number of aromatic nitrogens is 1. The zero-order valence-electron chi connectivity index (χ0n) is 13.2. The fourth-order valence-electron chi connectivity index (χ4n) is 2.90. The quantitative estimate of drug-likeness (QED) is 0.941. The van der Waals surface area contributed by atoms with Crippen molar-refractivity contribution in [1.29, 1.82) is 0 Å². The standard InChI is InChI=1S/C16H21N3O2S/c1-10-5-7-22-15(10)16(20)17-13-4-6-19(8-13)9-14-11(2)18-21-12(14)3/h5,7,13H,4,6,8-9H2,1-3H3,(H,17,20)/t13-/m0/s1. The molecule has 2 aromatic rings. The number of aryl methyl sites for hydroxylation is 3. The Labute approximate surface area is 134 Å². The Morgan fingerprint density at radius 2 is 2.32 bits per heavy atom. The van der Waals surface area contributed by atoms with Crippen LogP contribution in [0.25, 0.3) is 0 Å². The van der Waals surface area contributed by atoms with Gasteiger partial charge in [0, 0.05) is 31.2 Å². The lowest BCUT2D eigenvalue weighted by Crippen LogP contribution is -2.36. The van der Waals surface area contributed by atoms with Gasteiger partial charge in [-0.15, -0.1) is 11.3 Å². The van der Waals surface area contributed by atoms with Gasteiger partial charge in [0.2, 0.25) is 0 Å². The van der Waals surface area contributed by atoms with Crippen LogP contribution in [-0.2, 0) is 6.54 Å². The molecule has 1 atom stereocenters. The molecule has 22 heavy (non-hydrogen) atoms. The zero-order valence-corrected chi connectivity index (χ0v) is 14.0. The van der Waals surface area contributed by atoms with Gasteiger partial charge in [-0.05, 0) is 44.2 Å². The topological polar surface area (TPSA) is 58.4 Å². The highest BCUT2D eigenvalue weighted by Gasteiger charge is 2.26. The van der Waals surface area contributed by atoms with Crippen LogP contribution < -0.4 is 5.32 Å². The highest BCUT2D eigenvalue weighted by Crippen LogP contribution is 2.20. The molecule has 0 radical (unpaired) electrons. The lowest BCUT2D eigenvalue weighted by molar-refractivity contribution is 0.0941. The summed E-state index contributed by atoms with van der Waals surface area (Å²) in [6, 6.07) is 2.20. The fraction of sp³-hybridized carbons (Fsp3) is 0.500. The first kappa shape index (κ1) is 15.2. The fourth-order valence-corrected chi connectivity index (χ4v) is 3.73. The van der Waals surface area contributed by atoms with E-state index in [0.717, 1.165) is 47.9 Å². The van der Waals surface area contributed by atoms with Gasteiger partial charge in [-0.2, -0.15) is 0 Å². The minimum atomic E-state index is 0.0525. The number of nitrogens with one attached hydrogen (secondary N) is 1. The molecule has 0 saturated carbocycles. The monoisotopic (exact) mass is 319 g/mol. The van der Waals surface area contributed by atoms with Gasteiger partial charge in [0.1, 0.15) is 5.76 Å². The van der Waals surface area contributed by atoms with E-state index in [1.165, 1.54) is 16.9 Å². The maximum atomic E-state index is 12.3. The van der Waals surface area contributed by atoms with Crippen molar-refractivity contribution in [2.45, 2.75) is 39.8 Å². The number of hydrogen-bond donors (Lipinski definition) is 1. The van der Waals surface area contributed by atoms with Crippen molar-refractivity contribution in [3.05, 3.63) is 38.9 Å². The first-order valence-electron chi connectivity index (χ1n) is 7.53. The van der Waals surface area contributed by atoms with Crippen LogP contribution in [0.15, 0.2) is 16.0 Å². The third-order valence-corrected chi connectivity index (χ3v) is 5.25. The second-order valence-electron chi connectivity index (χ2n) is 5.93. The minimum absolute atomic E-state index is 0.0525. The molecule has 0 aliphatic carbocycles. The number of thiophene rings is 1. The molecule has 1 N–H and O–H groups in total. The average Bonchev–Trinajstić information content (AvgIpc) is 3.17. The van der Waals surface area contributed by atoms with Crippen molar-refractivity contribution in [3.63, 3.8) is 0 Å². The second-order valence-corrected chi connectivity index (χ2v) is 6.85. The lowest BCUT2D eigenvalue weighted by atomic mass is 10.2. The van der Waals surface area contributed by atoms with Gasteiger partial charge in [-0.3, -0.25) is 9.69 Å². The van der Waals surface area contributed by atoms with E-state index in [4.69, 9.17) is 4.52 Å². The minimum Gasteiger partial charge on any atom is -0.361 e. The van der Waals surface area contributed by atoms with E-state index in [0.29, 0.717) is 0 Å². The molecule has 0 bridgehead atoms. The first-order chi connectivity index (χ1) is 10.5. The Hall–Kier alpha value is -1.66. The van der Waals surface area contributed by atoms with Crippen LogP contribution in [0, 0.1) is 20.8 Å². The van der Waals surface area contributed by atoms with E-state index in [1.807, 2.05) is 32.2 Å². The van der Waals surface area contributed by atoms with Crippen molar-refractivity contribution < 1.29 is 9.32 Å². The molecule has 1 saturated heterocycles. The Morgan fingerprint density at radius 1 is 1.50 bits per heavy atom. The number of rotatable bonds is 4. The van der Waals surface area contributed by atoms with Gasteiger partial charge in [0.05, 0.1) is 10.6 Å². The molecule has 0 unspecified atom stereocenters. The van der Waals surface area contributed by atoms with Crippen molar-refractivity contribution in [3.8, 4) is 0 Å². The maximum Gasteiger partial charge on any atom is 0.261 e. The summed E-state index contributed by atoms with van der Waals surface area (Å²) < 4.78 is 5.21. The van der Waals surface area contributed by atoms with E-state index in [-0.39, 0.29) is 11.9 Å². The van der Waals surface area contributed by atoms with E-state index in [1.54, 1.807) is 0 Å². The summed E-state index contributed by atoms with van der Waals surface area (Å²) in [5.74, 6) is 0.941. The lowest BCUT2D eigenvalue weighted by Gasteiger charge is -2.16. The number of carbonyl (C=O) groups is 1. The highest BCUT2D eigenvalue weighted by atomic mass is 32.1. The van der Waals surface area contributed by atoms with Crippen molar-refractivity contribution in [2.24, 2.45) is 0 Å². The highest BCUT2D eigenvalue weighted by molar-refractivity contribution is 7.12. The Bertz CT molecular complexity index is 657. The summed E-state index contributed by atoms with van der Waals surface area (Å²) >= 11 is 1.50. The SMILES string of the molecule is Cc1ccsc1C(=O)N[C@H]1CCN(Cc2c(C)noc2C)C1. The van der Waals surface area contributed by atoms with E-state index in [2.05, 4.69) is 15.4 Å². The van der Waals surface area contributed by atoms with Gasteiger partial charge in [0.25, 0.3) is 5.91 Å². The average molecular weight is 319 g/mol. The van der Waals surface area contributed by atoms with Crippen molar-refractivity contribution >= 4 is 17.2 Å². The molecule has 5 nitrogen and oxygen atoms in total. The summed E-state index contributed by atoms with van der Waals surface area (Å²) in [4.78, 5) is 15.4. The zero-order chi connectivity index (χ0) is 15.7. The van der Waals surface area contributed by atoms with Gasteiger partial charge in [0.15, 0.2) is 0 Å². The van der Waals surface area contributed by atoms with Crippen LogP contribution in [0.2, 0.25) is 0 Å². The molecule has 1 fully saturated rings. The van der Waals surface area contributed by atoms with E-state index < -0.39 is 0 Å². The largest absolute Gasteiger partial charge is 0.361 e. The van der Waals surface area contributed by atoms with Crippen LogP contribution >= 0.6 is 11.3 Å². The smallest absolute Gasteiger partial charge is 0.261 e. The van der Waals surface area contributed by atoms with Crippen LogP contribution in [0.3, 0.4) is 0 Å². The van der Waals surface area contributed by atoms with Crippen LogP contribution in [0.4, 0.5) is 0 Å². The number of hydrogen-bond acceptors (Lipinski definition) is 5. The molecule has 1 aliphatic heterocycles. The van der Waals surface area contributed by atoms with E-state index in [9.17, 15) is 4.79 Å². The normalized spacial score (nSPS) is 18.8. The van der Waals surface area contributed by atoms with Crippen LogP contribution in [0.5, 0.6) is 0 Å². The molecular formula is C16H21N3O2S. The number of nitrogens with zero attached hydrogens (tertiary/aromatic N) is 2. The maximum absolute atomic E-state index is 12.3.